The van der Waals surface area contributed by atoms with Crippen molar-refractivity contribution in [1.29, 1.82) is 0 Å². The Hall–Kier alpha value is -0.320. The monoisotopic (exact) mass is 156 g/mol. The van der Waals surface area contributed by atoms with Crippen molar-refractivity contribution >= 4 is 0 Å². The lowest BCUT2D eigenvalue weighted by Gasteiger charge is -2.27. The first-order valence-corrected chi connectivity index (χ1v) is 2.83. The van der Waals surface area contributed by atoms with Crippen LogP contribution in [0.25, 0.3) is 0 Å². The Balaban J connectivity index is 2.60. The molecule has 1 aliphatic rings. The molecule has 10 heavy (non-hydrogen) atoms. The van der Waals surface area contributed by atoms with Gasteiger partial charge in [-0.05, 0) is 0 Å². The van der Waals surface area contributed by atoms with Crippen LogP contribution in [0.2, 0.25) is 0 Å². The highest BCUT2D eigenvalue weighted by Crippen LogP contribution is 2.28. The van der Waals surface area contributed by atoms with Crippen molar-refractivity contribution in [1.82, 2.24) is 5.32 Å². The molecule has 1 heterocycles. The van der Waals surface area contributed by atoms with Crippen LogP contribution in [-0.4, -0.2) is 31.4 Å². The highest BCUT2D eigenvalue weighted by atomic mass is 19.3. The van der Waals surface area contributed by atoms with E-state index in [1.807, 2.05) is 0 Å². The zero-order valence-corrected chi connectivity index (χ0v) is 5.03. The molecule has 2 atom stereocenters. The maximum Gasteiger partial charge on any atom is 0.295 e. The Kier molecular flexibility index (Phi) is 1.85. The van der Waals surface area contributed by atoms with E-state index in [2.05, 4.69) is 5.32 Å². The van der Waals surface area contributed by atoms with Gasteiger partial charge in [0.15, 0.2) is 12.3 Å². The van der Waals surface area contributed by atoms with E-state index >= 15 is 0 Å². The van der Waals surface area contributed by atoms with Crippen LogP contribution in [0.15, 0.2) is 0 Å². The van der Waals surface area contributed by atoms with Crippen LogP contribution in [0.4, 0.5) is 17.6 Å². The fourth-order valence-electron chi connectivity index (χ4n) is 0.781. The molecule has 1 nitrogen and oxygen atoms in total. The third-order valence-electron chi connectivity index (χ3n) is 1.35. The second kappa shape index (κ2) is 2.38. The summed E-state index contributed by atoms with van der Waals surface area (Å²) in [5.74, 6) is -3.60. The molecule has 0 N–H and O–H groups in total. The van der Waals surface area contributed by atoms with Crippen molar-refractivity contribution < 1.29 is 17.6 Å². The van der Waals surface area contributed by atoms with E-state index in [0.29, 0.717) is 0 Å². The van der Waals surface area contributed by atoms with E-state index in [1.165, 1.54) is 0 Å². The van der Waals surface area contributed by atoms with E-state index < -0.39 is 31.4 Å². The number of alkyl halides is 4. The number of hydrogen-bond acceptors (Lipinski definition) is 0. The van der Waals surface area contributed by atoms with Crippen molar-refractivity contribution in [2.75, 3.05) is 13.1 Å². The molecular weight excluding hydrogens is 150 g/mol. The van der Waals surface area contributed by atoms with Gasteiger partial charge in [-0.25, -0.2) is 22.9 Å². The fourth-order valence-corrected chi connectivity index (χ4v) is 0.781. The molecule has 1 fully saturated rings. The Morgan fingerprint density at radius 2 is 1.90 bits per heavy atom. The largest absolute Gasteiger partial charge is 0.295 e. The second-order valence-corrected chi connectivity index (χ2v) is 2.24. The first-order valence-electron chi connectivity index (χ1n) is 2.83. The molecule has 1 saturated heterocycles. The van der Waals surface area contributed by atoms with Crippen molar-refractivity contribution in [3.63, 3.8) is 0 Å². The van der Waals surface area contributed by atoms with Crippen LogP contribution in [0, 0.1) is 0 Å². The minimum absolute atomic E-state index is 0.448. The first-order chi connectivity index (χ1) is 4.54. The van der Waals surface area contributed by atoms with Gasteiger partial charge in [0.05, 0.1) is 6.54 Å². The molecule has 59 valence electrons. The van der Waals surface area contributed by atoms with E-state index in [1.54, 1.807) is 0 Å². The predicted octanol–water partition coefficient (Wildman–Crippen LogP) is 0.916. The molecule has 1 radical (unpaired) electrons. The summed E-state index contributed by atoms with van der Waals surface area (Å²) in [5, 5.41) is 3.10. The smallest absolute Gasteiger partial charge is 0.243 e. The molecule has 1 rings (SSSR count). The molecule has 0 aromatic carbocycles. The van der Waals surface area contributed by atoms with E-state index in [4.69, 9.17) is 0 Å². The van der Waals surface area contributed by atoms with Gasteiger partial charge >= 0.3 is 0 Å². The summed E-state index contributed by atoms with van der Waals surface area (Å²) in [6.07, 6.45) is -4.81. The Morgan fingerprint density at radius 3 is 2.30 bits per heavy atom. The summed E-state index contributed by atoms with van der Waals surface area (Å²) < 4.78 is 48.6. The molecule has 5 heteroatoms. The van der Waals surface area contributed by atoms with Gasteiger partial charge in [0, 0.05) is 6.54 Å². The molecule has 0 aromatic rings. The van der Waals surface area contributed by atoms with E-state index in [9.17, 15) is 17.6 Å². The highest BCUT2D eigenvalue weighted by Gasteiger charge is 2.48. The van der Waals surface area contributed by atoms with Crippen LogP contribution >= 0.6 is 0 Å². The summed E-state index contributed by atoms with van der Waals surface area (Å²) in [4.78, 5) is 0. The van der Waals surface area contributed by atoms with Gasteiger partial charge in [-0.1, -0.05) is 0 Å². The topological polar surface area (TPSA) is 14.1 Å². The van der Waals surface area contributed by atoms with Gasteiger partial charge in [0.1, 0.15) is 0 Å². The van der Waals surface area contributed by atoms with Crippen LogP contribution < -0.4 is 5.32 Å². The minimum atomic E-state index is -3.60. The van der Waals surface area contributed by atoms with Crippen molar-refractivity contribution in [3.05, 3.63) is 0 Å². The van der Waals surface area contributed by atoms with E-state index in [0.717, 1.165) is 0 Å². The number of piperidine rings is 1. The fraction of sp³-hybridized carbons (Fsp3) is 1.00. The zero-order valence-electron chi connectivity index (χ0n) is 5.03. The molecule has 0 spiro atoms. The van der Waals surface area contributed by atoms with Crippen LogP contribution in [0.1, 0.15) is 0 Å². The number of halogens is 4. The SMILES string of the molecule is FC1C[N]CC(F)(F)C1F. The first kappa shape index (κ1) is 7.78. The predicted molar refractivity (Wildman–Crippen MR) is 26.6 cm³/mol. The van der Waals surface area contributed by atoms with Crippen LogP contribution in [-0.2, 0) is 0 Å². The van der Waals surface area contributed by atoms with Crippen molar-refractivity contribution in [2.45, 2.75) is 18.3 Å². The van der Waals surface area contributed by atoms with Gasteiger partial charge in [0.2, 0.25) is 0 Å². The number of nitrogens with zero attached hydrogens (tertiary/aromatic N) is 1. The standard InChI is InChI=1S/C5H6F4N/c6-3-1-10-2-5(8,9)4(3)7/h3-4H,1-2H2. The summed E-state index contributed by atoms with van der Waals surface area (Å²) in [7, 11) is 0. The maximum atomic E-state index is 12.2. The summed E-state index contributed by atoms with van der Waals surface area (Å²) in [5.41, 5.74) is 0. The lowest BCUT2D eigenvalue weighted by Crippen LogP contribution is -2.51. The quantitative estimate of drug-likeness (QED) is 0.463. The van der Waals surface area contributed by atoms with Crippen LogP contribution in [0.3, 0.4) is 0 Å². The van der Waals surface area contributed by atoms with Gasteiger partial charge in [-0.2, -0.15) is 0 Å². The Labute approximate surface area is 55.4 Å². The molecule has 1 aliphatic heterocycles. The molecule has 2 unspecified atom stereocenters. The molecule has 0 aliphatic carbocycles. The van der Waals surface area contributed by atoms with Gasteiger partial charge < -0.3 is 0 Å². The number of rotatable bonds is 0. The number of hydrogen-bond donors (Lipinski definition) is 0. The van der Waals surface area contributed by atoms with Gasteiger partial charge in [0.25, 0.3) is 5.92 Å². The molecular formula is C5H6F4N. The highest BCUT2D eigenvalue weighted by molar-refractivity contribution is 4.90. The average Bonchev–Trinajstić information content (AvgIpc) is 1.83. The molecule has 0 amide bonds. The summed E-state index contributed by atoms with van der Waals surface area (Å²) >= 11 is 0. The molecule has 0 aromatic heterocycles. The normalized spacial score (nSPS) is 39.6. The third kappa shape index (κ3) is 1.23. The maximum absolute atomic E-state index is 12.2. The van der Waals surface area contributed by atoms with E-state index in [-0.39, 0.29) is 0 Å². The van der Waals surface area contributed by atoms with Crippen LogP contribution in [0.5, 0.6) is 0 Å². The second-order valence-electron chi connectivity index (χ2n) is 2.24. The van der Waals surface area contributed by atoms with Crippen molar-refractivity contribution in [3.8, 4) is 0 Å². The van der Waals surface area contributed by atoms with Gasteiger partial charge in [-0.3, -0.25) is 0 Å². The van der Waals surface area contributed by atoms with Crippen molar-refractivity contribution in [2.24, 2.45) is 0 Å². The lowest BCUT2D eigenvalue weighted by molar-refractivity contribution is -0.115. The Morgan fingerprint density at radius 1 is 1.30 bits per heavy atom. The third-order valence-corrected chi connectivity index (χ3v) is 1.35. The molecule has 0 saturated carbocycles. The summed E-state index contributed by atoms with van der Waals surface area (Å²) in [6, 6.07) is 0. The minimum Gasteiger partial charge on any atom is -0.243 e. The van der Waals surface area contributed by atoms with Gasteiger partial charge in [-0.15, -0.1) is 0 Å². The summed E-state index contributed by atoms with van der Waals surface area (Å²) in [6.45, 7) is -1.34. The average molecular weight is 156 g/mol. The lowest BCUT2D eigenvalue weighted by atomic mass is 10.1. The molecule has 0 bridgehead atoms. The zero-order chi connectivity index (χ0) is 7.78. The Bertz CT molecular complexity index is 127.